The summed E-state index contributed by atoms with van der Waals surface area (Å²) in [6.07, 6.45) is 0. The fourth-order valence-electron chi connectivity index (χ4n) is 4.24. The van der Waals surface area contributed by atoms with Crippen LogP contribution in [0.15, 0.2) is 121 Å². The first-order chi connectivity index (χ1) is 16.7. The van der Waals surface area contributed by atoms with Crippen LogP contribution in [0.25, 0.3) is 21.5 Å². The van der Waals surface area contributed by atoms with Crippen molar-refractivity contribution in [2.24, 2.45) is 0 Å². The summed E-state index contributed by atoms with van der Waals surface area (Å²) < 4.78 is 0. The van der Waals surface area contributed by atoms with Crippen molar-refractivity contribution in [2.45, 2.75) is 13.8 Å². The largest absolute Gasteiger partial charge is 0.168 e. The predicted octanol–water partition coefficient (Wildman–Crippen LogP) is 6.99. The van der Waals surface area contributed by atoms with Crippen molar-refractivity contribution in [3.8, 4) is 0 Å². The van der Waals surface area contributed by atoms with Gasteiger partial charge in [0.05, 0.1) is 0 Å². The molecule has 2 unspecified atom stereocenters. The van der Waals surface area contributed by atoms with Crippen LogP contribution in [0.3, 0.4) is 0 Å². The van der Waals surface area contributed by atoms with E-state index < -0.39 is 0 Å². The molecule has 0 saturated heterocycles. The molecule has 172 valence electrons. The van der Waals surface area contributed by atoms with E-state index in [-0.39, 0.29) is 25.8 Å². The SMILES string of the molecule is Cc1ccccc1P[c-]1ccc2ccccc21.Cc1ccccc1P[c-]1ccc2ccccc21.[Hf]. The molecule has 0 fully saturated rings. The van der Waals surface area contributed by atoms with Gasteiger partial charge in [-0.05, 0) is 35.6 Å². The summed E-state index contributed by atoms with van der Waals surface area (Å²) in [6, 6.07) is 43.5. The zero-order valence-corrected chi connectivity index (χ0v) is 25.6. The average molecular weight is 653 g/mol. The van der Waals surface area contributed by atoms with Gasteiger partial charge in [0, 0.05) is 25.8 Å². The van der Waals surface area contributed by atoms with Crippen LogP contribution < -0.4 is 21.2 Å². The van der Waals surface area contributed by atoms with E-state index in [1.54, 1.807) is 0 Å². The fourth-order valence-corrected chi connectivity index (χ4v) is 6.79. The maximum atomic E-state index is 2.26. The number of hydrogen-bond acceptors (Lipinski definition) is 0. The van der Waals surface area contributed by atoms with Gasteiger partial charge in [0.15, 0.2) is 0 Å². The molecule has 0 radical (unpaired) electrons. The number of fused-ring (bicyclic) bond motifs is 2. The summed E-state index contributed by atoms with van der Waals surface area (Å²) in [6.45, 7) is 4.38. The van der Waals surface area contributed by atoms with Crippen molar-refractivity contribution in [1.29, 1.82) is 0 Å². The summed E-state index contributed by atoms with van der Waals surface area (Å²) >= 11 is 0. The van der Waals surface area contributed by atoms with Crippen LogP contribution in [0, 0.1) is 13.8 Å². The van der Waals surface area contributed by atoms with Crippen LogP contribution in [0.1, 0.15) is 11.1 Å². The van der Waals surface area contributed by atoms with Crippen molar-refractivity contribution < 1.29 is 25.8 Å². The van der Waals surface area contributed by atoms with Gasteiger partial charge in [0.1, 0.15) is 0 Å². The summed E-state index contributed by atoms with van der Waals surface area (Å²) in [4.78, 5) is 0. The molecule has 6 aromatic rings. The molecule has 6 aromatic carbocycles. The van der Waals surface area contributed by atoms with E-state index in [1.807, 2.05) is 0 Å². The van der Waals surface area contributed by atoms with Crippen LogP contribution in [0.2, 0.25) is 0 Å². The Morgan fingerprint density at radius 2 is 0.829 bits per heavy atom. The van der Waals surface area contributed by atoms with E-state index in [1.165, 1.54) is 53.9 Å². The molecular weight excluding hydrogens is 625 g/mol. The van der Waals surface area contributed by atoms with Crippen molar-refractivity contribution >= 4 is 59.9 Å². The molecule has 0 amide bonds. The fraction of sp³-hybridized carbons (Fsp3) is 0.0625. The molecule has 6 rings (SSSR count). The van der Waals surface area contributed by atoms with Gasteiger partial charge in [-0.1, -0.05) is 60.7 Å². The molecule has 35 heavy (non-hydrogen) atoms. The second-order valence-corrected chi connectivity index (χ2v) is 11.2. The zero-order valence-electron chi connectivity index (χ0n) is 20.0. The van der Waals surface area contributed by atoms with Crippen molar-refractivity contribution in [1.82, 2.24) is 0 Å². The van der Waals surface area contributed by atoms with Crippen LogP contribution >= 0.6 is 17.2 Å². The first kappa shape index (κ1) is 25.9. The second-order valence-electron chi connectivity index (χ2n) is 8.55. The van der Waals surface area contributed by atoms with E-state index in [0.717, 1.165) is 17.2 Å². The van der Waals surface area contributed by atoms with Gasteiger partial charge >= 0.3 is 0 Å². The topological polar surface area (TPSA) is 0 Å². The summed E-state index contributed by atoms with van der Waals surface area (Å²) in [7, 11) is 1.51. The first-order valence-corrected chi connectivity index (χ1v) is 13.6. The minimum absolute atomic E-state index is 0. The Balaban J connectivity index is 0.000000160. The smallest absolute Gasteiger partial charge is 0 e. The van der Waals surface area contributed by atoms with Crippen molar-refractivity contribution in [3.63, 3.8) is 0 Å². The monoisotopic (exact) mass is 654 g/mol. The molecule has 0 aromatic heterocycles. The average Bonchev–Trinajstić information content (AvgIpc) is 3.47. The molecule has 0 aliphatic carbocycles. The summed E-state index contributed by atoms with van der Waals surface area (Å²) in [5, 5.41) is 11.3. The van der Waals surface area contributed by atoms with Crippen LogP contribution in [-0.4, -0.2) is 0 Å². The van der Waals surface area contributed by atoms with Gasteiger partial charge in [-0.25, -0.2) is 0 Å². The molecule has 3 heteroatoms. The Kier molecular flexibility index (Phi) is 9.02. The first-order valence-electron chi connectivity index (χ1n) is 11.6. The summed E-state index contributed by atoms with van der Waals surface area (Å²) in [5.41, 5.74) is 2.77. The Morgan fingerprint density at radius 3 is 1.26 bits per heavy atom. The maximum absolute atomic E-state index is 2.26. The molecule has 0 saturated carbocycles. The van der Waals surface area contributed by atoms with Crippen molar-refractivity contribution in [2.75, 3.05) is 0 Å². The molecule has 0 bridgehead atoms. The Labute approximate surface area is 230 Å². The minimum Gasteiger partial charge on any atom is -0.168 e. The number of rotatable bonds is 4. The van der Waals surface area contributed by atoms with Gasteiger partial charge in [-0.3, -0.25) is 0 Å². The zero-order chi connectivity index (χ0) is 23.3. The molecule has 0 aliphatic rings. The van der Waals surface area contributed by atoms with Crippen LogP contribution in [0.5, 0.6) is 0 Å². The van der Waals surface area contributed by atoms with Gasteiger partial charge < -0.3 is 0 Å². The van der Waals surface area contributed by atoms with Gasteiger partial charge in [-0.2, -0.15) is 12.1 Å². The van der Waals surface area contributed by atoms with Crippen molar-refractivity contribution in [3.05, 3.63) is 132 Å². The third-order valence-electron chi connectivity index (χ3n) is 6.19. The second kappa shape index (κ2) is 12.2. The third kappa shape index (κ3) is 6.16. The molecule has 0 aliphatic heterocycles. The number of benzene rings is 4. The molecule has 0 N–H and O–H groups in total. The van der Waals surface area contributed by atoms with Crippen LogP contribution in [-0.2, 0) is 25.8 Å². The Morgan fingerprint density at radius 1 is 0.457 bits per heavy atom. The van der Waals surface area contributed by atoms with E-state index in [0.29, 0.717) is 0 Å². The molecule has 0 nitrogen and oxygen atoms in total. The molecule has 2 atom stereocenters. The normalized spacial score (nSPS) is 11.3. The molecule has 0 spiro atoms. The number of aryl methyl sites for hydroxylation is 2. The van der Waals surface area contributed by atoms with Gasteiger partial charge in [-0.15, -0.1) is 97.8 Å². The molecule has 0 heterocycles. The maximum Gasteiger partial charge on any atom is 0 e. The summed E-state index contributed by atoms with van der Waals surface area (Å²) in [5.74, 6) is 0. The van der Waals surface area contributed by atoms with Gasteiger partial charge in [0.25, 0.3) is 0 Å². The van der Waals surface area contributed by atoms with E-state index in [9.17, 15) is 0 Å². The quantitative estimate of drug-likeness (QED) is 0.109. The minimum atomic E-state index is 0. The Hall–Kier alpha value is -2.17. The predicted molar refractivity (Wildman–Crippen MR) is 157 cm³/mol. The number of hydrogen-bond donors (Lipinski definition) is 0. The third-order valence-corrected chi connectivity index (χ3v) is 9.26. The standard InChI is InChI=1S/2C16H14P.Hf/c2*1-12-6-2-5-9-15(12)17-16-11-10-13-7-3-4-8-14(13)16;/h2*2-11,17H,1H3;/q2*-1;. The molecular formula is C32H28HfP2-2. The van der Waals surface area contributed by atoms with E-state index in [2.05, 4.69) is 135 Å². The van der Waals surface area contributed by atoms with E-state index >= 15 is 0 Å². The van der Waals surface area contributed by atoms with Crippen LogP contribution in [0.4, 0.5) is 0 Å². The van der Waals surface area contributed by atoms with Gasteiger partial charge in [0.2, 0.25) is 0 Å². The Bertz CT molecular complexity index is 1420. The van der Waals surface area contributed by atoms with E-state index in [4.69, 9.17) is 0 Å².